The number of likely N-dealkylation sites (tertiary alicyclic amines) is 1. The number of ether oxygens (including phenoxy) is 1. The summed E-state index contributed by atoms with van der Waals surface area (Å²) >= 11 is 0. The molecule has 0 aromatic rings. The Labute approximate surface area is 89.9 Å². The molecule has 1 saturated heterocycles. The lowest BCUT2D eigenvalue weighted by atomic mass is 10.1. The smallest absolute Gasteiger partial charge is 0.335 e. The van der Waals surface area contributed by atoms with Gasteiger partial charge in [0.1, 0.15) is 0 Å². The first-order chi connectivity index (χ1) is 7.19. The SMILES string of the molecule is CC/C(=C\N1CCCCC1=O)C(=O)OC. The standard InChI is InChI=1S/C11H17NO3/c1-3-9(11(14)15-2)8-12-7-5-4-6-10(12)13/h8H,3-7H2,1-2H3/b9-8+. The van der Waals surface area contributed by atoms with E-state index >= 15 is 0 Å². The second-order valence-corrected chi connectivity index (χ2v) is 3.54. The Bertz CT molecular complexity index is 284. The van der Waals surface area contributed by atoms with Gasteiger partial charge in [-0.1, -0.05) is 6.92 Å². The van der Waals surface area contributed by atoms with Crippen LogP contribution in [0.15, 0.2) is 11.8 Å². The first-order valence-electron chi connectivity index (χ1n) is 5.27. The fourth-order valence-corrected chi connectivity index (χ4v) is 1.57. The molecule has 4 nitrogen and oxygen atoms in total. The largest absolute Gasteiger partial charge is 0.466 e. The van der Waals surface area contributed by atoms with E-state index in [0.717, 1.165) is 12.8 Å². The molecule has 1 amide bonds. The number of amides is 1. The van der Waals surface area contributed by atoms with Crippen molar-refractivity contribution in [2.24, 2.45) is 0 Å². The fraction of sp³-hybridized carbons (Fsp3) is 0.636. The number of carbonyl (C=O) groups excluding carboxylic acids is 2. The second-order valence-electron chi connectivity index (χ2n) is 3.54. The average molecular weight is 211 g/mol. The van der Waals surface area contributed by atoms with Crippen LogP contribution in [0.2, 0.25) is 0 Å². The Morgan fingerprint density at radius 3 is 2.80 bits per heavy atom. The van der Waals surface area contributed by atoms with Gasteiger partial charge in [-0.25, -0.2) is 4.79 Å². The van der Waals surface area contributed by atoms with E-state index in [1.807, 2.05) is 6.92 Å². The van der Waals surface area contributed by atoms with E-state index in [4.69, 9.17) is 0 Å². The summed E-state index contributed by atoms with van der Waals surface area (Å²) in [6.45, 7) is 2.58. The van der Waals surface area contributed by atoms with Crippen LogP contribution >= 0.6 is 0 Å². The molecule has 1 aliphatic heterocycles. The molecular weight excluding hydrogens is 194 g/mol. The molecule has 0 aromatic carbocycles. The maximum absolute atomic E-state index is 11.5. The van der Waals surface area contributed by atoms with Gasteiger partial charge >= 0.3 is 5.97 Å². The van der Waals surface area contributed by atoms with Gasteiger partial charge in [-0.05, 0) is 19.3 Å². The predicted molar refractivity (Wildman–Crippen MR) is 56.0 cm³/mol. The molecule has 4 heteroatoms. The van der Waals surface area contributed by atoms with Crippen LogP contribution in [0.25, 0.3) is 0 Å². The van der Waals surface area contributed by atoms with Gasteiger partial charge in [0.05, 0.1) is 12.7 Å². The summed E-state index contributed by atoms with van der Waals surface area (Å²) in [7, 11) is 1.35. The molecular formula is C11H17NO3. The van der Waals surface area contributed by atoms with Gasteiger partial charge in [-0.15, -0.1) is 0 Å². The van der Waals surface area contributed by atoms with Crippen LogP contribution in [0.5, 0.6) is 0 Å². The normalized spacial score (nSPS) is 17.9. The quantitative estimate of drug-likeness (QED) is 0.524. The lowest BCUT2D eigenvalue weighted by molar-refractivity contribution is -0.136. The molecule has 0 unspecified atom stereocenters. The molecule has 0 spiro atoms. The van der Waals surface area contributed by atoms with Crippen molar-refractivity contribution in [1.29, 1.82) is 0 Å². The molecule has 0 aromatic heterocycles. The molecule has 1 heterocycles. The van der Waals surface area contributed by atoms with E-state index in [2.05, 4.69) is 4.74 Å². The molecule has 1 aliphatic rings. The first-order valence-corrected chi connectivity index (χ1v) is 5.27. The van der Waals surface area contributed by atoms with Gasteiger partial charge < -0.3 is 9.64 Å². The molecule has 0 saturated carbocycles. The molecule has 0 atom stereocenters. The number of rotatable bonds is 3. The molecule has 1 rings (SSSR count). The number of carbonyl (C=O) groups is 2. The summed E-state index contributed by atoms with van der Waals surface area (Å²) in [5, 5.41) is 0. The van der Waals surface area contributed by atoms with E-state index in [-0.39, 0.29) is 11.9 Å². The topological polar surface area (TPSA) is 46.6 Å². The summed E-state index contributed by atoms with van der Waals surface area (Å²) in [5.41, 5.74) is 0.549. The van der Waals surface area contributed by atoms with Crippen molar-refractivity contribution >= 4 is 11.9 Å². The maximum atomic E-state index is 11.5. The third kappa shape index (κ3) is 3.08. The summed E-state index contributed by atoms with van der Waals surface area (Å²) < 4.78 is 4.63. The summed E-state index contributed by atoms with van der Waals surface area (Å²) in [4.78, 5) is 24.4. The van der Waals surface area contributed by atoms with Gasteiger partial charge in [0.2, 0.25) is 5.91 Å². The van der Waals surface area contributed by atoms with Gasteiger partial charge in [0, 0.05) is 19.2 Å². The van der Waals surface area contributed by atoms with Gasteiger partial charge in [0.25, 0.3) is 0 Å². The van der Waals surface area contributed by atoms with Gasteiger partial charge in [0.15, 0.2) is 0 Å². The van der Waals surface area contributed by atoms with E-state index in [1.54, 1.807) is 11.1 Å². The summed E-state index contributed by atoms with van der Waals surface area (Å²) in [5.74, 6) is -0.257. The third-order valence-electron chi connectivity index (χ3n) is 2.50. The van der Waals surface area contributed by atoms with Crippen molar-refractivity contribution < 1.29 is 14.3 Å². The van der Waals surface area contributed by atoms with Crippen LogP contribution in [0.1, 0.15) is 32.6 Å². The second kappa shape index (κ2) is 5.53. The van der Waals surface area contributed by atoms with E-state index in [0.29, 0.717) is 25.0 Å². The highest BCUT2D eigenvalue weighted by Crippen LogP contribution is 2.13. The fourth-order valence-electron chi connectivity index (χ4n) is 1.57. The minimum atomic E-state index is -0.351. The average Bonchev–Trinajstić information content (AvgIpc) is 2.27. The predicted octanol–water partition coefficient (Wildman–Crippen LogP) is 1.47. The zero-order valence-electron chi connectivity index (χ0n) is 9.28. The van der Waals surface area contributed by atoms with E-state index < -0.39 is 0 Å². The number of esters is 1. The Morgan fingerprint density at radius 1 is 1.53 bits per heavy atom. The molecule has 0 bridgehead atoms. The van der Waals surface area contributed by atoms with Crippen molar-refractivity contribution in [3.63, 3.8) is 0 Å². The Balaban J connectivity index is 2.73. The van der Waals surface area contributed by atoms with Crippen molar-refractivity contribution in [2.75, 3.05) is 13.7 Å². The van der Waals surface area contributed by atoms with Gasteiger partial charge in [-0.3, -0.25) is 4.79 Å². The van der Waals surface area contributed by atoms with E-state index in [1.165, 1.54) is 7.11 Å². The number of nitrogens with zero attached hydrogens (tertiary/aromatic N) is 1. The number of hydrogen-bond donors (Lipinski definition) is 0. The Kier molecular flexibility index (Phi) is 4.34. The highest BCUT2D eigenvalue weighted by molar-refractivity contribution is 5.89. The summed E-state index contributed by atoms with van der Waals surface area (Å²) in [6, 6.07) is 0. The lowest BCUT2D eigenvalue weighted by Crippen LogP contribution is -2.31. The van der Waals surface area contributed by atoms with Crippen LogP contribution in [-0.4, -0.2) is 30.4 Å². The Morgan fingerprint density at radius 2 is 2.27 bits per heavy atom. The maximum Gasteiger partial charge on any atom is 0.335 e. The van der Waals surface area contributed by atoms with Crippen LogP contribution < -0.4 is 0 Å². The number of piperidine rings is 1. The van der Waals surface area contributed by atoms with Crippen molar-refractivity contribution in [3.8, 4) is 0 Å². The lowest BCUT2D eigenvalue weighted by Gasteiger charge is -2.23. The molecule has 1 fully saturated rings. The van der Waals surface area contributed by atoms with Crippen molar-refractivity contribution in [1.82, 2.24) is 4.90 Å². The Hall–Kier alpha value is -1.32. The van der Waals surface area contributed by atoms with Crippen LogP contribution in [0, 0.1) is 0 Å². The van der Waals surface area contributed by atoms with Crippen LogP contribution in [0.3, 0.4) is 0 Å². The van der Waals surface area contributed by atoms with Crippen molar-refractivity contribution in [2.45, 2.75) is 32.6 Å². The molecule has 0 aliphatic carbocycles. The highest BCUT2D eigenvalue weighted by Gasteiger charge is 2.18. The first kappa shape index (κ1) is 11.8. The molecule has 0 N–H and O–H groups in total. The van der Waals surface area contributed by atoms with Gasteiger partial charge in [-0.2, -0.15) is 0 Å². The van der Waals surface area contributed by atoms with Crippen molar-refractivity contribution in [3.05, 3.63) is 11.8 Å². The molecule has 84 valence electrons. The van der Waals surface area contributed by atoms with E-state index in [9.17, 15) is 9.59 Å². The third-order valence-corrected chi connectivity index (χ3v) is 2.50. The number of hydrogen-bond acceptors (Lipinski definition) is 3. The monoisotopic (exact) mass is 211 g/mol. The summed E-state index contributed by atoms with van der Waals surface area (Å²) in [6.07, 6.45) is 4.74. The minimum Gasteiger partial charge on any atom is -0.466 e. The minimum absolute atomic E-state index is 0.0936. The number of methoxy groups -OCH3 is 1. The van der Waals surface area contributed by atoms with Crippen LogP contribution in [-0.2, 0) is 14.3 Å². The zero-order valence-corrected chi connectivity index (χ0v) is 9.28. The highest BCUT2D eigenvalue weighted by atomic mass is 16.5. The molecule has 15 heavy (non-hydrogen) atoms. The van der Waals surface area contributed by atoms with Crippen LogP contribution in [0.4, 0.5) is 0 Å². The zero-order chi connectivity index (χ0) is 11.3. The molecule has 0 radical (unpaired) electrons.